The smallest absolute Gasteiger partial charge is 0.263 e. The first kappa shape index (κ1) is 19.5. The molecule has 0 aliphatic carbocycles. The van der Waals surface area contributed by atoms with Crippen LogP contribution in [0.25, 0.3) is 0 Å². The Balaban J connectivity index is 1.52. The number of carbonyl (C=O) groups is 1. The van der Waals surface area contributed by atoms with Crippen LogP contribution in [0.4, 0.5) is 9.52 Å². The summed E-state index contributed by atoms with van der Waals surface area (Å²) >= 11 is 2.71. The number of thiazole rings is 1. The summed E-state index contributed by atoms with van der Waals surface area (Å²) in [4.78, 5) is 17.1. The molecule has 0 fully saturated rings. The second-order valence-corrected chi connectivity index (χ2v) is 9.13. The highest BCUT2D eigenvalue weighted by molar-refractivity contribution is 7.93. The average Bonchev–Trinajstić information content (AvgIpc) is 3.30. The van der Waals surface area contributed by atoms with E-state index in [9.17, 15) is 17.6 Å². The Bertz CT molecular complexity index is 1000. The molecule has 0 aliphatic rings. The molecule has 10 heteroatoms. The van der Waals surface area contributed by atoms with E-state index in [-0.39, 0.29) is 22.4 Å². The number of aromatic nitrogens is 1. The Hall–Kier alpha value is -2.30. The quantitative estimate of drug-likeness (QED) is 0.579. The monoisotopic (exact) mass is 425 g/mol. The number of halogens is 1. The van der Waals surface area contributed by atoms with E-state index >= 15 is 0 Å². The fourth-order valence-electron chi connectivity index (χ4n) is 2.19. The van der Waals surface area contributed by atoms with E-state index in [1.165, 1.54) is 12.1 Å². The molecule has 6 nitrogen and oxygen atoms in total. The van der Waals surface area contributed by atoms with Crippen molar-refractivity contribution in [1.29, 1.82) is 0 Å². The van der Waals surface area contributed by atoms with Gasteiger partial charge < -0.3 is 5.32 Å². The van der Waals surface area contributed by atoms with Gasteiger partial charge >= 0.3 is 0 Å². The van der Waals surface area contributed by atoms with Crippen molar-refractivity contribution in [3.63, 3.8) is 0 Å². The summed E-state index contributed by atoms with van der Waals surface area (Å²) in [5, 5.41) is 6.69. The van der Waals surface area contributed by atoms with E-state index in [2.05, 4.69) is 15.0 Å². The highest BCUT2D eigenvalue weighted by atomic mass is 32.2. The van der Waals surface area contributed by atoms with Crippen LogP contribution in [0.2, 0.25) is 0 Å². The Morgan fingerprint density at radius 1 is 1.15 bits per heavy atom. The summed E-state index contributed by atoms with van der Waals surface area (Å²) in [6.45, 7) is 0.496. The van der Waals surface area contributed by atoms with Crippen molar-refractivity contribution in [3.8, 4) is 0 Å². The third kappa shape index (κ3) is 5.59. The lowest BCUT2D eigenvalue weighted by molar-refractivity contribution is -0.121. The molecule has 0 saturated heterocycles. The van der Waals surface area contributed by atoms with Gasteiger partial charge in [-0.3, -0.25) is 9.52 Å². The number of thiophene rings is 1. The summed E-state index contributed by atoms with van der Waals surface area (Å²) in [5.41, 5.74) is 0.628. The number of anilines is 1. The van der Waals surface area contributed by atoms with E-state index < -0.39 is 15.8 Å². The van der Waals surface area contributed by atoms with Crippen molar-refractivity contribution in [1.82, 2.24) is 10.3 Å². The maximum absolute atomic E-state index is 12.9. The van der Waals surface area contributed by atoms with E-state index in [0.29, 0.717) is 18.7 Å². The van der Waals surface area contributed by atoms with Gasteiger partial charge in [0.1, 0.15) is 5.82 Å². The number of hydrogen-bond donors (Lipinski definition) is 2. The third-order valence-electron chi connectivity index (χ3n) is 3.55. The summed E-state index contributed by atoms with van der Waals surface area (Å²) in [7, 11) is -3.83. The molecule has 0 atom stereocenters. The second-order valence-electron chi connectivity index (χ2n) is 5.56. The highest BCUT2D eigenvalue weighted by Gasteiger charge is 2.16. The Morgan fingerprint density at radius 3 is 2.63 bits per heavy atom. The average molecular weight is 426 g/mol. The zero-order valence-corrected chi connectivity index (χ0v) is 16.5. The van der Waals surface area contributed by atoms with Crippen LogP contribution >= 0.6 is 22.7 Å². The van der Waals surface area contributed by atoms with E-state index in [1.54, 1.807) is 16.7 Å². The fourth-order valence-corrected chi connectivity index (χ4v) is 4.83. The number of nitrogens with one attached hydrogen (secondary N) is 2. The topological polar surface area (TPSA) is 88.2 Å². The number of benzene rings is 1. The molecule has 2 aromatic heterocycles. The molecule has 2 N–H and O–H groups in total. The molecule has 0 radical (unpaired) electrons. The summed E-state index contributed by atoms with van der Waals surface area (Å²) < 4.78 is 39.8. The summed E-state index contributed by atoms with van der Waals surface area (Å²) in [5.74, 6) is -0.604. The van der Waals surface area contributed by atoms with Gasteiger partial charge in [-0.05, 0) is 42.1 Å². The minimum absolute atomic E-state index is 0.0476. The minimum atomic E-state index is -3.83. The van der Waals surface area contributed by atoms with Crippen molar-refractivity contribution < 1.29 is 17.6 Å². The van der Waals surface area contributed by atoms with E-state index in [4.69, 9.17) is 0 Å². The van der Waals surface area contributed by atoms with Crippen molar-refractivity contribution >= 4 is 43.7 Å². The predicted molar refractivity (Wildman–Crippen MR) is 104 cm³/mol. The van der Waals surface area contributed by atoms with Crippen molar-refractivity contribution in [3.05, 3.63) is 63.5 Å². The number of hydrogen-bond acceptors (Lipinski definition) is 6. The normalized spacial score (nSPS) is 11.3. The van der Waals surface area contributed by atoms with Gasteiger partial charge in [0.15, 0.2) is 5.13 Å². The van der Waals surface area contributed by atoms with Gasteiger partial charge in [0.05, 0.1) is 17.1 Å². The molecule has 2 heterocycles. The Labute approximate surface area is 164 Å². The molecule has 27 heavy (non-hydrogen) atoms. The molecule has 1 aromatic carbocycles. The van der Waals surface area contributed by atoms with Crippen LogP contribution in [0.3, 0.4) is 0 Å². The molecule has 0 spiro atoms. The Kier molecular flexibility index (Phi) is 6.19. The first-order valence-corrected chi connectivity index (χ1v) is 11.2. The van der Waals surface area contributed by atoms with Gasteiger partial charge in [0, 0.05) is 16.7 Å². The van der Waals surface area contributed by atoms with Crippen molar-refractivity contribution in [2.24, 2.45) is 0 Å². The van der Waals surface area contributed by atoms with Crippen LogP contribution in [-0.4, -0.2) is 19.3 Å². The number of rotatable bonds is 8. The zero-order valence-electron chi connectivity index (χ0n) is 14.0. The van der Waals surface area contributed by atoms with Crippen LogP contribution in [0.1, 0.15) is 17.0 Å². The van der Waals surface area contributed by atoms with Gasteiger partial charge in [0.25, 0.3) is 10.0 Å². The van der Waals surface area contributed by atoms with Gasteiger partial charge in [-0.1, -0.05) is 6.07 Å². The van der Waals surface area contributed by atoms with Crippen molar-refractivity contribution in [2.75, 3.05) is 4.72 Å². The van der Waals surface area contributed by atoms with E-state index in [1.807, 2.05) is 17.5 Å². The van der Waals surface area contributed by atoms with Crippen LogP contribution in [-0.2, 0) is 27.8 Å². The maximum Gasteiger partial charge on any atom is 0.263 e. The molecule has 3 rings (SSSR count). The maximum atomic E-state index is 12.9. The predicted octanol–water partition coefficient (Wildman–Crippen LogP) is 3.39. The first-order valence-electron chi connectivity index (χ1n) is 7.94. The number of nitrogens with zero attached hydrogens (tertiary/aromatic N) is 1. The first-order chi connectivity index (χ1) is 12.9. The van der Waals surface area contributed by atoms with Crippen LogP contribution in [0.15, 0.2) is 52.1 Å². The van der Waals surface area contributed by atoms with Gasteiger partial charge in [-0.2, -0.15) is 0 Å². The highest BCUT2D eigenvalue weighted by Crippen LogP contribution is 2.21. The van der Waals surface area contributed by atoms with E-state index in [0.717, 1.165) is 28.3 Å². The lowest BCUT2D eigenvalue weighted by atomic mass is 10.2. The summed E-state index contributed by atoms with van der Waals surface area (Å²) in [6, 6.07) is 8.41. The second kappa shape index (κ2) is 8.59. The molecule has 0 bridgehead atoms. The van der Waals surface area contributed by atoms with Crippen molar-refractivity contribution in [2.45, 2.75) is 24.3 Å². The largest absolute Gasteiger partial charge is 0.351 e. The van der Waals surface area contributed by atoms with Crippen LogP contribution in [0.5, 0.6) is 0 Å². The molecule has 1 amide bonds. The van der Waals surface area contributed by atoms with Crippen LogP contribution in [0, 0.1) is 5.82 Å². The lowest BCUT2D eigenvalue weighted by Gasteiger charge is -2.05. The summed E-state index contributed by atoms with van der Waals surface area (Å²) in [6.07, 6.45) is 0.671. The fraction of sp³-hybridized carbons (Fsp3) is 0.176. The number of sulfonamides is 1. The number of carbonyl (C=O) groups excluding carboxylic acids is 1. The molecule has 0 aliphatic heterocycles. The van der Waals surface area contributed by atoms with Gasteiger partial charge in [0.2, 0.25) is 5.91 Å². The van der Waals surface area contributed by atoms with Gasteiger partial charge in [-0.15, -0.1) is 22.7 Å². The molecular weight excluding hydrogens is 409 g/mol. The molecular formula is C17H16FN3O3S3. The minimum Gasteiger partial charge on any atom is -0.351 e. The SMILES string of the molecule is O=C(CCc1csc(NS(=O)(=O)c2ccc(F)cc2)n1)NCc1cccs1. The molecule has 3 aromatic rings. The lowest BCUT2D eigenvalue weighted by Crippen LogP contribution is -2.22. The Morgan fingerprint density at radius 2 is 1.93 bits per heavy atom. The number of aryl methyl sites for hydroxylation is 1. The zero-order chi connectivity index (χ0) is 19.3. The standard InChI is InChI=1S/C17H16FN3O3S3/c18-12-3-6-15(7-4-12)27(23,24)21-17-20-13(11-26-17)5-8-16(22)19-10-14-2-1-9-25-14/h1-4,6-7,9,11H,5,8,10H2,(H,19,22)(H,20,21). The molecule has 142 valence electrons. The molecule has 0 unspecified atom stereocenters. The van der Waals surface area contributed by atoms with Gasteiger partial charge in [-0.25, -0.2) is 17.8 Å². The number of amides is 1. The third-order valence-corrected chi connectivity index (χ3v) is 6.71. The molecule has 0 saturated carbocycles. The van der Waals surface area contributed by atoms with Crippen LogP contribution < -0.4 is 10.0 Å².